The van der Waals surface area contributed by atoms with Crippen LogP contribution >= 0.6 is 0 Å². The van der Waals surface area contributed by atoms with E-state index in [2.05, 4.69) is 36.9 Å². The predicted molar refractivity (Wildman–Crippen MR) is 101 cm³/mol. The van der Waals surface area contributed by atoms with E-state index in [4.69, 9.17) is 5.11 Å². The van der Waals surface area contributed by atoms with Gasteiger partial charge in [-0.3, -0.25) is 4.90 Å². The molecule has 2 aromatic carbocycles. The Bertz CT molecular complexity index is 745. The molecule has 1 aliphatic heterocycles. The van der Waals surface area contributed by atoms with E-state index >= 15 is 0 Å². The van der Waals surface area contributed by atoms with Gasteiger partial charge in [-0.2, -0.15) is 0 Å². The third kappa shape index (κ3) is 4.70. The Morgan fingerprint density at radius 1 is 1.04 bits per heavy atom. The van der Waals surface area contributed by atoms with Crippen LogP contribution in [-0.4, -0.2) is 29.1 Å². The van der Waals surface area contributed by atoms with Crippen LogP contribution in [0.5, 0.6) is 0 Å². The van der Waals surface area contributed by atoms with Gasteiger partial charge in [0.25, 0.3) is 0 Å². The van der Waals surface area contributed by atoms with Gasteiger partial charge < -0.3 is 5.11 Å². The fourth-order valence-electron chi connectivity index (χ4n) is 3.67. The summed E-state index contributed by atoms with van der Waals surface area (Å²) in [6.45, 7) is 7.38. The first-order chi connectivity index (χ1) is 12.0. The summed E-state index contributed by atoms with van der Waals surface area (Å²) in [5.74, 6) is -0.0994. The van der Waals surface area contributed by atoms with E-state index in [1.165, 1.54) is 36.0 Å². The van der Waals surface area contributed by atoms with Gasteiger partial charge in [0.05, 0.1) is 5.56 Å². The quantitative estimate of drug-likeness (QED) is 0.876. The zero-order valence-corrected chi connectivity index (χ0v) is 15.2. The van der Waals surface area contributed by atoms with Gasteiger partial charge in [-0.15, -0.1) is 0 Å². The second kappa shape index (κ2) is 7.83. The third-order valence-electron chi connectivity index (χ3n) is 5.38. The first kappa shape index (κ1) is 17.7. The van der Waals surface area contributed by atoms with Crippen molar-refractivity contribution in [1.82, 2.24) is 4.90 Å². The van der Waals surface area contributed by atoms with Crippen LogP contribution in [0.3, 0.4) is 0 Å². The number of nitrogens with zero attached hydrogens (tertiary/aromatic N) is 1. The molecule has 25 heavy (non-hydrogen) atoms. The summed E-state index contributed by atoms with van der Waals surface area (Å²) in [6, 6.07) is 14.1. The molecule has 1 aliphatic rings. The summed E-state index contributed by atoms with van der Waals surface area (Å²) in [5.41, 5.74) is 5.67. The van der Waals surface area contributed by atoms with Gasteiger partial charge in [-0.1, -0.05) is 30.3 Å². The molecule has 2 aromatic rings. The van der Waals surface area contributed by atoms with Crippen LogP contribution in [0.2, 0.25) is 0 Å². The van der Waals surface area contributed by atoms with Gasteiger partial charge >= 0.3 is 5.97 Å². The summed E-state index contributed by atoms with van der Waals surface area (Å²) in [7, 11) is 0. The summed E-state index contributed by atoms with van der Waals surface area (Å²) < 4.78 is 0. The van der Waals surface area contributed by atoms with Gasteiger partial charge in [0.2, 0.25) is 0 Å². The number of aromatic carboxylic acids is 1. The smallest absolute Gasteiger partial charge is 0.335 e. The van der Waals surface area contributed by atoms with Crippen molar-refractivity contribution in [3.63, 3.8) is 0 Å². The highest BCUT2D eigenvalue weighted by molar-refractivity contribution is 5.87. The average Bonchev–Trinajstić information content (AvgIpc) is 2.60. The highest BCUT2D eigenvalue weighted by Crippen LogP contribution is 2.24. The summed E-state index contributed by atoms with van der Waals surface area (Å²) in [5, 5.41) is 9.11. The van der Waals surface area contributed by atoms with E-state index < -0.39 is 5.97 Å². The number of hydrogen-bond donors (Lipinski definition) is 1. The number of piperidine rings is 1. The molecule has 0 spiro atoms. The first-order valence-electron chi connectivity index (χ1n) is 9.12. The lowest BCUT2D eigenvalue weighted by molar-refractivity contribution is 0.0696. The molecule has 3 heteroatoms. The standard InChI is InChI=1S/C22H27NO2/c1-16-6-7-19(12-17(16)2)13-18-8-10-23(11-9-18)15-20-4-3-5-21(14-20)22(24)25/h3-7,12,14,18H,8-11,13,15H2,1-2H3,(H,24,25). The molecule has 0 saturated carbocycles. The average molecular weight is 337 g/mol. The van der Waals surface area contributed by atoms with Crippen LogP contribution in [0.25, 0.3) is 0 Å². The van der Waals surface area contributed by atoms with Crippen LogP contribution < -0.4 is 0 Å². The minimum Gasteiger partial charge on any atom is -0.478 e. The Morgan fingerprint density at radius 2 is 1.80 bits per heavy atom. The molecule has 0 atom stereocenters. The van der Waals surface area contributed by atoms with Crippen LogP contribution in [0, 0.1) is 19.8 Å². The molecular weight excluding hydrogens is 310 g/mol. The maximum absolute atomic E-state index is 11.1. The number of carboxylic acid groups (broad SMARTS) is 1. The molecule has 1 saturated heterocycles. The predicted octanol–water partition coefficient (Wildman–Crippen LogP) is 4.46. The van der Waals surface area contributed by atoms with Gasteiger partial charge in [0.1, 0.15) is 0 Å². The number of rotatable bonds is 5. The lowest BCUT2D eigenvalue weighted by Crippen LogP contribution is -2.33. The minimum absolute atomic E-state index is 0.377. The zero-order valence-electron chi connectivity index (χ0n) is 15.2. The minimum atomic E-state index is -0.853. The lowest BCUT2D eigenvalue weighted by Gasteiger charge is -2.32. The van der Waals surface area contributed by atoms with E-state index in [9.17, 15) is 4.79 Å². The fraction of sp³-hybridized carbons (Fsp3) is 0.409. The number of aryl methyl sites for hydroxylation is 2. The number of likely N-dealkylation sites (tertiary alicyclic amines) is 1. The Hall–Kier alpha value is -2.13. The molecule has 0 amide bonds. The Kier molecular flexibility index (Phi) is 5.54. The first-order valence-corrected chi connectivity index (χ1v) is 9.12. The van der Waals surface area contributed by atoms with E-state index in [0.29, 0.717) is 5.56 Å². The molecule has 1 N–H and O–H groups in total. The van der Waals surface area contributed by atoms with Crippen molar-refractivity contribution in [2.75, 3.05) is 13.1 Å². The summed E-state index contributed by atoms with van der Waals surface area (Å²) in [6.07, 6.45) is 3.60. The SMILES string of the molecule is Cc1ccc(CC2CCN(Cc3cccc(C(=O)O)c3)CC2)cc1C. The number of carboxylic acids is 1. The van der Waals surface area contributed by atoms with Crippen LogP contribution in [0.15, 0.2) is 42.5 Å². The van der Waals surface area contributed by atoms with Crippen molar-refractivity contribution in [2.45, 2.75) is 39.7 Å². The van der Waals surface area contributed by atoms with E-state index in [1.54, 1.807) is 12.1 Å². The van der Waals surface area contributed by atoms with Crippen molar-refractivity contribution in [2.24, 2.45) is 5.92 Å². The zero-order chi connectivity index (χ0) is 17.8. The molecule has 3 nitrogen and oxygen atoms in total. The molecule has 0 radical (unpaired) electrons. The Morgan fingerprint density at radius 3 is 2.48 bits per heavy atom. The summed E-state index contributed by atoms with van der Waals surface area (Å²) in [4.78, 5) is 13.5. The molecule has 0 bridgehead atoms. The third-order valence-corrected chi connectivity index (χ3v) is 5.38. The summed E-state index contributed by atoms with van der Waals surface area (Å²) >= 11 is 0. The lowest BCUT2D eigenvalue weighted by atomic mass is 9.89. The van der Waals surface area contributed by atoms with Crippen molar-refractivity contribution in [1.29, 1.82) is 0 Å². The van der Waals surface area contributed by atoms with Gasteiger partial charge in [-0.25, -0.2) is 4.79 Å². The maximum Gasteiger partial charge on any atom is 0.335 e. The number of benzene rings is 2. The monoisotopic (exact) mass is 337 g/mol. The molecule has 0 aromatic heterocycles. The highest BCUT2D eigenvalue weighted by atomic mass is 16.4. The number of carbonyl (C=O) groups is 1. The number of hydrogen-bond acceptors (Lipinski definition) is 2. The normalized spacial score (nSPS) is 16.1. The molecule has 132 valence electrons. The van der Waals surface area contributed by atoms with Crippen molar-refractivity contribution in [3.8, 4) is 0 Å². The van der Waals surface area contributed by atoms with E-state index in [0.717, 1.165) is 31.1 Å². The van der Waals surface area contributed by atoms with Crippen molar-refractivity contribution >= 4 is 5.97 Å². The molecule has 1 heterocycles. The van der Waals surface area contributed by atoms with E-state index in [1.807, 2.05) is 12.1 Å². The molecule has 0 unspecified atom stereocenters. The van der Waals surface area contributed by atoms with Gasteiger partial charge in [-0.05, 0) is 86.5 Å². The molecule has 0 aliphatic carbocycles. The van der Waals surface area contributed by atoms with Gasteiger partial charge in [0, 0.05) is 6.54 Å². The highest BCUT2D eigenvalue weighted by Gasteiger charge is 2.20. The van der Waals surface area contributed by atoms with Crippen LogP contribution in [0.1, 0.15) is 45.5 Å². The largest absolute Gasteiger partial charge is 0.478 e. The second-order valence-electron chi connectivity index (χ2n) is 7.35. The Balaban J connectivity index is 1.52. The molecule has 3 rings (SSSR count). The topological polar surface area (TPSA) is 40.5 Å². The van der Waals surface area contributed by atoms with E-state index in [-0.39, 0.29) is 0 Å². The van der Waals surface area contributed by atoms with Gasteiger partial charge in [0.15, 0.2) is 0 Å². The second-order valence-corrected chi connectivity index (χ2v) is 7.35. The van der Waals surface area contributed by atoms with Crippen LogP contribution in [-0.2, 0) is 13.0 Å². The molecular formula is C22H27NO2. The maximum atomic E-state index is 11.1. The Labute approximate surface area is 150 Å². The van der Waals surface area contributed by atoms with Crippen molar-refractivity contribution in [3.05, 3.63) is 70.3 Å². The van der Waals surface area contributed by atoms with Crippen LogP contribution in [0.4, 0.5) is 0 Å². The van der Waals surface area contributed by atoms with Crippen molar-refractivity contribution < 1.29 is 9.90 Å². The fourth-order valence-corrected chi connectivity index (χ4v) is 3.67. The molecule has 1 fully saturated rings.